The van der Waals surface area contributed by atoms with Crippen molar-refractivity contribution in [3.63, 3.8) is 0 Å². The average molecular weight is 357 g/mol. The average Bonchev–Trinajstić information content (AvgIpc) is 2.57. The van der Waals surface area contributed by atoms with Crippen molar-refractivity contribution in [1.29, 1.82) is 0 Å². The summed E-state index contributed by atoms with van der Waals surface area (Å²) in [5.74, 6) is -0.828. The second-order valence-electron chi connectivity index (χ2n) is 5.80. The van der Waals surface area contributed by atoms with Crippen LogP contribution in [0.2, 0.25) is 0 Å². The molecule has 0 fully saturated rings. The standard InChI is InChI=1S/C18H28N2O3.ClH/c1-4-13(3)16(19)17(21)20-12-15(18(22)23-5-2)11-14-9-7-6-8-10-14;/h6-10,13,15-16H,4-5,11-12,19H2,1-3H3,(H,20,21);1H. The van der Waals surface area contributed by atoms with Crippen LogP contribution in [0.25, 0.3) is 0 Å². The third-order valence-electron chi connectivity index (χ3n) is 4.03. The predicted octanol–water partition coefficient (Wildman–Crippen LogP) is 2.32. The molecule has 1 aromatic rings. The van der Waals surface area contributed by atoms with Gasteiger partial charge in [0.1, 0.15) is 0 Å². The number of ether oxygens (including phenoxy) is 1. The first kappa shape index (κ1) is 22.4. The molecule has 0 aliphatic rings. The van der Waals surface area contributed by atoms with Gasteiger partial charge >= 0.3 is 5.97 Å². The van der Waals surface area contributed by atoms with E-state index in [2.05, 4.69) is 5.32 Å². The molecule has 0 spiro atoms. The van der Waals surface area contributed by atoms with Crippen LogP contribution in [0.4, 0.5) is 0 Å². The van der Waals surface area contributed by atoms with E-state index in [-0.39, 0.29) is 36.7 Å². The second-order valence-corrected chi connectivity index (χ2v) is 5.80. The molecule has 0 radical (unpaired) electrons. The Bertz CT molecular complexity index is 496. The molecule has 0 aromatic heterocycles. The molecule has 0 saturated heterocycles. The van der Waals surface area contributed by atoms with Gasteiger partial charge in [0, 0.05) is 6.54 Å². The summed E-state index contributed by atoms with van der Waals surface area (Å²) in [6.07, 6.45) is 1.36. The number of halogens is 1. The minimum Gasteiger partial charge on any atom is -0.466 e. The number of hydrogen-bond acceptors (Lipinski definition) is 4. The molecule has 0 aliphatic carbocycles. The van der Waals surface area contributed by atoms with Crippen LogP contribution in [0.3, 0.4) is 0 Å². The van der Waals surface area contributed by atoms with Crippen LogP contribution in [0.5, 0.6) is 0 Å². The van der Waals surface area contributed by atoms with Gasteiger partial charge in [-0.2, -0.15) is 0 Å². The van der Waals surface area contributed by atoms with Gasteiger partial charge in [-0.1, -0.05) is 50.6 Å². The zero-order valence-electron chi connectivity index (χ0n) is 14.7. The molecule has 3 N–H and O–H groups in total. The number of nitrogens with two attached hydrogens (primary N) is 1. The molecule has 0 heterocycles. The highest BCUT2D eigenvalue weighted by molar-refractivity contribution is 5.85. The van der Waals surface area contributed by atoms with Crippen molar-refractivity contribution in [3.05, 3.63) is 35.9 Å². The summed E-state index contributed by atoms with van der Waals surface area (Å²) in [6.45, 7) is 6.27. The maximum atomic E-state index is 12.1. The molecule has 3 atom stereocenters. The third kappa shape index (κ3) is 7.32. The van der Waals surface area contributed by atoms with Crippen LogP contribution in [0, 0.1) is 11.8 Å². The zero-order valence-corrected chi connectivity index (χ0v) is 15.5. The fourth-order valence-electron chi connectivity index (χ4n) is 2.25. The van der Waals surface area contributed by atoms with E-state index < -0.39 is 12.0 Å². The molecule has 1 aromatic carbocycles. The molecule has 24 heavy (non-hydrogen) atoms. The fraction of sp³-hybridized carbons (Fsp3) is 0.556. The highest BCUT2D eigenvalue weighted by atomic mass is 35.5. The molecular formula is C18H29ClN2O3. The Morgan fingerprint density at radius 3 is 2.38 bits per heavy atom. The molecule has 0 bridgehead atoms. The minimum atomic E-state index is -0.556. The number of nitrogens with one attached hydrogen (secondary N) is 1. The van der Waals surface area contributed by atoms with Crippen LogP contribution in [-0.2, 0) is 20.7 Å². The molecule has 0 aliphatic heterocycles. The van der Waals surface area contributed by atoms with Gasteiger partial charge in [-0.25, -0.2) is 0 Å². The van der Waals surface area contributed by atoms with E-state index in [1.807, 2.05) is 44.2 Å². The summed E-state index contributed by atoms with van der Waals surface area (Å²) in [5.41, 5.74) is 6.95. The van der Waals surface area contributed by atoms with E-state index in [1.54, 1.807) is 6.92 Å². The van der Waals surface area contributed by atoms with E-state index >= 15 is 0 Å². The van der Waals surface area contributed by atoms with Crippen molar-refractivity contribution in [3.8, 4) is 0 Å². The van der Waals surface area contributed by atoms with E-state index in [4.69, 9.17) is 10.5 Å². The van der Waals surface area contributed by atoms with E-state index in [0.29, 0.717) is 13.0 Å². The van der Waals surface area contributed by atoms with Gasteiger partial charge in [-0.05, 0) is 24.8 Å². The van der Waals surface area contributed by atoms with Crippen LogP contribution in [0.1, 0.15) is 32.8 Å². The Morgan fingerprint density at radius 2 is 1.83 bits per heavy atom. The Hall–Kier alpha value is -1.59. The van der Waals surface area contributed by atoms with Crippen molar-refractivity contribution >= 4 is 24.3 Å². The number of amides is 1. The molecule has 136 valence electrons. The monoisotopic (exact) mass is 356 g/mol. The molecule has 0 saturated carbocycles. The lowest BCUT2D eigenvalue weighted by atomic mass is 9.97. The first-order valence-electron chi connectivity index (χ1n) is 8.23. The maximum Gasteiger partial charge on any atom is 0.311 e. The second kappa shape index (κ2) is 11.9. The predicted molar refractivity (Wildman–Crippen MR) is 98.0 cm³/mol. The molecule has 5 nitrogen and oxygen atoms in total. The molecule has 1 rings (SSSR count). The first-order valence-corrected chi connectivity index (χ1v) is 8.23. The molecule has 1 amide bonds. The Morgan fingerprint density at radius 1 is 1.21 bits per heavy atom. The third-order valence-corrected chi connectivity index (χ3v) is 4.03. The normalized spacial score (nSPS) is 14.0. The Labute approximate surface area is 150 Å². The van der Waals surface area contributed by atoms with E-state index in [9.17, 15) is 9.59 Å². The van der Waals surface area contributed by atoms with E-state index in [1.165, 1.54) is 0 Å². The maximum absolute atomic E-state index is 12.1. The summed E-state index contributed by atoms with van der Waals surface area (Å²) in [6, 6.07) is 9.14. The van der Waals surface area contributed by atoms with Crippen molar-refractivity contribution < 1.29 is 14.3 Å². The van der Waals surface area contributed by atoms with Crippen molar-refractivity contribution in [2.75, 3.05) is 13.2 Å². The zero-order chi connectivity index (χ0) is 17.2. The number of rotatable bonds is 9. The van der Waals surface area contributed by atoms with Gasteiger partial charge in [-0.15, -0.1) is 12.4 Å². The molecule has 6 heteroatoms. The largest absolute Gasteiger partial charge is 0.466 e. The van der Waals surface area contributed by atoms with Crippen LogP contribution < -0.4 is 11.1 Å². The molecule has 3 unspecified atom stereocenters. The quantitative estimate of drug-likeness (QED) is 0.665. The summed E-state index contributed by atoms with van der Waals surface area (Å²) < 4.78 is 5.12. The van der Waals surface area contributed by atoms with E-state index in [0.717, 1.165) is 12.0 Å². The van der Waals surface area contributed by atoms with Gasteiger partial charge in [0.15, 0.2) is 0 Å². The van der Waals surface area contributed by atoms with Crippen molar-refractivity contribution in [2.45, 2.75) is 39.7 Å². The Kier molecular flexibility index (Phi) is 11.1. The number of benzene rings is 1. The lowest BCUT2D eigenvalue weighted by Crippen LogP contribution is -2.47. The highest BCUT2D eigenvalue weighted by Gasteiger charge is 2.24. The van der Waals surface area contributed by atoms with Gasteiger partial charge in [0.05, 0.1) is 18.6 Å². The summed E-state index contributed by atoms with van der Waals surface area (Å²) in [5, 5.41) is 2.79. The first-order chi connectivity index (χ1) is 11.0. The fourth-order valence-corrected chi connectivity index (χ4v) is 2.25. The summed E-state index contributed by atoms with van der Waals surface area (Å²) in [4.78, 5) is 24.2. The highest BCUT2D eigenvalue weighted by Crippen LogP contribution is 2.11. The summed E-state index contributed by atoms with van der Waals surface area (Å²) >= 11 is 0. The van der Waals surface area contributed by atoms with Gasteiger partial charge in [-0.3, -0.25) is 9.59 Å². The number of carbonyl (C=O) groups is 2. The minimum absolute atomic E-state index is 0. The Balaban J connectivity index is 0.00000529. The van der Waals surface area contributed by atoms with Crippen LogP contribution >= 0.6 is 12.4 Å². The topological polar surface area (TPSA) is 81.4 Å². The van der Waals surface area contributed by atoms with Crippen LogP contribution in [-0.4, -0.2) is 31.1 Å². The summed E-state index contributed by atoms with van der Waals surface area (Å²) in [7, 11) is 0. The van der Waals surface area contributed by atoms with Gasteiger partial charge < -0.3 is 15.8 Å². The SMILES string of the molecule is CCOC(=O)C(CNC(=O)C(N)C(C)CC)Cc1ccccc1.Cl. The van der Waals surface area contributed by atoms with Crippen LogP contribution in [0.15, 0.2) is 30.3 Å². The molecular weight excluding hydrogens is 328 g/mol. The number of esters is 1. The van der Waals surface area contributed by atoms with Crippen molar-refractivity contribution in [2.24, 2.45) is 17.6 Å². The number of carbonyl (C=O) groups excluding carboxylic acids is 2. The smallest absolute Gasteiger partial charge is 0.311 e. The lowest BCUT2D eigenvalue weighted by molar-refractivity contribution is -0.147. The van der Waals surface area contributed by atoms with Gasteiger partial charge in [0.2, 0.25) is 5.91 Å². The van der Waals surface area contributed by atoms with Crippen molar-refractivity contribution in [1.82, 2.24) is 5.32 Å². The lowest BCUT2D eigenvalue weighted by Gasteiger charge is -2.20. The number of hydrogen-bond donors (Lipinski definition) is 2. The van der Waals surface area contributed by atoms with Gasteiger partial charge in [0.25, 0.3) is 0 Å².